The molecule has 0 spiro atoms. The van der Waals surface area contributed by atoms with Gasteiger partial charge in [0.15, 0.2) is 0 Å². The monoisotopic (exact) mass is 273 g/mol. The van der Waals surface area contributed by atoms with E-state index in [9.17, 15) is 0 Å². The van der Waals surface area contributed by atoms with E-state index in [0.29, 0.717) is 5.41 Å². The quantitative estimate of drug-likeness (QED) is 0.691. The number of alkyl halides is 1. The van der Waals surface area contributed by atoms with Crippen LogP contribution in [-0.2, 0) is 0 Å². The maximum Gasteiger partial charge on any atom is 0.01000 e. The maximum absolute atomic E-state index is 3.73. The SMILES string of the molecule is CCC(CC)(CBr)CN1CC2CCC1C2. The van der Waals surface area contributed by atoms with Crippen LogP contribution in [-0.4, -0.2) is 29.4 Å². The van der Waals surface area contributed by atoms with Gasteiger partial charge in [0.25, 0.3) is 0 Å². The van der Waals surface area contributed by atoms with Crippen molar-refractivity contribution in [3.63, 3.8) is 0 Å². The lowest BCUT2D eigenvalue weighted by Gasteiger charge is -2.38. The minimum atomic E-state index is 0.532. The number of nitrogens with zero attached hydrogens (tertiary/aromatic N) is 1. The summed E-state index contributed by atoms with van der Waals surface area (Å²) in [5.74, 6) is 1.04. The molecule has 0 radical (unpaired) electrons. The summed E-state index contributed by atoms with van der Waals surface area (Å²) in [6.07, 6.45) is 7.08. The highest BCUT2D eigenvalue weighted by Gasteiger charge is 2.40. The van der Waals surface area contributed by atoms with E-state index in [1.165, 1.54) is 50.5 Å². The molecule has 0 N–H and O–H groups in total. The minimum absolute atomic E-state index is 0.532. The predicted octanol–water partition coefficient (Wildman–Crippen LogP) is 3.67. The van der Waals surface area contributed by atoms with Crippen LogP contribution in [0.1, 0.15) is 46.0 Å². The van der Waals surface area contributed by atoms with Crippen molar-refractivity contribution in [3.8, 4) is 0 Å². The zero-order valence-electron chi connectivity index (χ0n) is 10.1. The van der Waals surface area contributed by atoms with Gasteiger partial charge in [0, 0.05) is 24.5 Å². The zero-order chi connectivity index (χ0) is 10.9. The average Bonchev–Trinajstić information content (AvgIpc) is 2.88. The Kier molecular flexibility index (Phi) is 3.77. The van der Waals surface area contributed by atoms with E-state index in [1.807, 2.05) is 0 Å². The second kappa shape index (κ2) is 4.75. The number of piperidine rings is 1. The molecular formula is C13H24BrN. The lowest BCUT2D eigenvalue weighted by Crippen LogP contribution is -2.42. The number of rotatable bonds is 5. The fourth-order valence-electron chi connectivity index (χ4n) is 3.36. The molecule has 2 heteroatoms. The van der Waals surface area contributed by atoms with Gasteiger partial charge < -0.3 is 0 Å². The van der Waals surface area contributed by atoms with Gasteiger partial charge >= 0.3 is 0 Å². The van der Waals surface area contributed by atoms with Crippen molar-refractivity contribution < 1.29 is 0 Å². The summed E-state index contributed by atoms with van der Waals surface area (Å²) in [5.41, 5.74) is 0.532. The van der Waals surface area contributed by atoms with E-state index >= 15 is 0 Å². The summed E-state index contributed by atoms with van der Waals surface area (Å²) in [4.78, 5) is 2.78. The van der Waals surface area contributed by atoms with Crippen LogP contribution in [0.15, 0.2) is 0 Å². The molecule has 1 aliphatic heterocycles. The molecule has 0 aromatic carbocycles. The van der Waals surface area contributed by atoms with Gasteiger partial charge in [0.05, 0.1) is 0 Å². The average molecular weight is 274 g/mol. The van der Waals surface area contributed by atoms with Crippen LogP contribution in [0.4, 0.5) is 0 Å². The molecule has 2 rings (SSSR count). The number of likely N-dealkylation sites (tertiary alicyclic amines) is 1. The molecule has 0 amide bonds. The first-order valence-corrected chi connectivity index (χ1v) is 7.65. The van der Waals surface area contributed by atoms with Crippen molar-refractivity contribution in [3.05, 3.63) is 0 Å². The summed E-state index contributed by atoms with van der Waals surface area (Å²) in [5, 5.41) is 1.17. The maximum atomic E-state index is 3.73. The summed E-state index contributed by atoms with van der Waals surface area (Å²) in [7, 11) is 0. The Morgan fingerprint density at radius 3 is 2.40 bits per heavy atom. The fraction of sp³-hybridized carbons (Fsp3) is 1.00. The number of fused-ring (bicyclic) bond motifs is 2. The van der Waals surface area contributed by atoms with Gasteiger partial charge in [0.1, 0.15) is 0 Å². The first-order valence-electron chi connectivity index (χ1n) is 6.53. The van der Waals surface area contributed by atoms with Crippen molar-refractivity contribution in [2.24, 2.45) is 11.3 Å². The molecule has 1 heterocycles. The molecule has 1 aliphatic carbocycles. The van der Waals surface area contributed by atoms with Crippen molar-refractivity contribution in [1.29, 1.82) is 0 Å². The molecule has 2 bridgehead atoms. The first-order chi connectivity index (χ1) is 7.23. The molecule has 0 aromatic heterocycles. The predicted molar refractivity (Wildman–Crippen MR) is 69.5 cm³/mol. The molecule has 88 valence electrons. The molecule has 0 aromatic rings. The summed E-state index contributed by atoms with van der Waals surface area (Å²) in [6, 6.07) is 0.937. The van der Waals surface area contributed by atoms with Gasteiger partial charge in [-0.2, -0.15) is 0 Å². The van der Waals surface area contributed by atoms with Gasteiger partial charge in [-0.3, -0.25) is 4.90 Å². The van der Waals surface area contributed by atoms with Crippen molar-refractivity contribution >= 4 is 15.9 Å². The first kappa shape index (κ1) is 11.9. The van der Waals surface area contributed by atoms with Crippen LogP contribution in [0, 0.1) is 11.3 Å². The van der Waals surface area contributed by atoms with Crippen LogP contribution >= 0.6 is 15.9 Å². The van der Waals surface area contributed by atoms with E-state index in [2.05, 4.69) is 34.7 Å². The van der Waals surface area contributed by atoms with Crippen molar-refractivity contribution in [2.45, 2.75) is 52.0 Å². The molecule has 1 nitrogen and oxygen atoms in total. The van der Waals surface area contributed by atoms with Crippen LogP contribution in [0.2, 0.25) is 0 Å². The smallest absolute Gasteiger partial charge is 0.01000 e. The van der Waals surface area contributed by atoms with Crippen LogP contribution in [0.5, 0.6) is 0 Å². The van der Waals surface area contributed by atoms with Crippen molar-refractivity contribution in [1.82, 2.24) is 4.90 Å². The molecular weight excluding hydrogens is 250 g/mol. The van der Waals surface area contributed by atoms with E-state index < -0.39 is 0 Å². The second-order valence-corrected chi connectivity index (χ2v) is 6.16. The standard InChI is InChI=1S/C13H24BrN/c1-3-13(4-2,9-14)10-15-8-11-5-6-12(15)7-11/h11-12H,3-10H2,1-2H3. The third kappa shape index (κ3) is 2.26. The number of hydrogen-bond acceptors (Lipinski definition) is 1. The zero-order valence-corrected chi connectivity index (χ0v) is 11.7. The van der Waals surface area contributed by atoms with Gasteiger partial charge in [0.2, 0.25) is 0 Å². The Bertz CT molecular complexity index is 204. The van der Waals surface area contributed by atoms with Gasteiger partial charge in [-0.1, -0.05) is 29.8 Å². The van der Waals surface area contributed by atoms with Gasteiger partial charge in [-0.25, -0.2) is 0 Å². The fourth-order valence-corrected chi connectivity index (χ4v) is 4.33. The normalized spacial score (nSPS) is 31.4. The third-order valence-corrected chi connectivity index (χ3v) is 6.03. The molecule has 2 aliphatic rings. The van der Waals surface area contributed by atoms with Crippen LogP contribution in [0.25, 0.3) is 0 Å². The molecule has 2 fully saturated rings. The highest BCUT2D eigenvalue weighted by Crippen LogP contribution is 2.40. The molecule has 15 heavy (non-hydrogen) atoms. The van der Waals surface area contributed by atoms with E-state index in [-0.39, 0.29) is 0 Å². The number of hydrogen-bond donors (Lipinski definition) is 0. The summed E-state index contributed by atoms with van der Waals surface area (Å²) in [6.45, 7) is 7.41. The van der Waals surface area contributed by atoms with Gasteiger partial charge in [-0.05, 0) is 43.4 Å². The lowest BCUT2D eigenvalue weighted by atomic mass is 9.83. The lowest BCUT2D eigenvalue weighted by molar-refractivity contribution is 0.127. The highest BCUT2D eigenvalue weighted by atomic mass is 79.9. The Balaban J connectivity index is 1.95. The summed E-state index contributed by atoms with van der Waals surface area (Å²) < 4.78 is 0. The molecule has 1 saturated carbocycles. The molecule has 1 saturated heterocycles. The largest absolute Gasteiger partial charge is 0.300 e. The highest BCUT2D eigenvalue weighted by molar-refractivity contribution is 9.09. The topological polar surface area (TPSA) is 3.24 Å². The van der Waals surface area contributed by atoms with E-state index in [4.69, 9.17) is 0 Å². The molecule has 2 atom stereocenters. The molecule has 2 unspecified atom stereocenters. The third-order valence-electron chi connectivity index (χ3n) is 4.84. The second-order valence-electron chi connectivity index (χ2n) is 5.60. The van der Waals surface area contributed by atoms with Crippen LogP contribution in [0.3, 0.4) is 0 Å². The Morgan fingerprint density at radius 1 is 1.27 bits per heavy atom. The minimum Gasteiger partial charge on any atom is -0.300 e. The Hall–Kier alpha value is 0.440. The Morgan fingerprint density at radius 2 is 2.00 bits per heavy atom. The van der Waals surface area contributed by atoms with E-state index in [0.717, 1.165) is 12.0 Å². The Labute approximate surface area is 103 Å². The van der Waals surface area contributed by atoms with E-state index in [1.54, 1.807) is 0 Å². The van der Waals surface area contributed by atoms with Crippen molar-refractivity contribution in [2.75, 3.05) is 18.4 Å². The summed E-state index contributed by atoms with van der Waals surface area (Å²) >= 11 is 3.73. The van der Waals surface area contributed by atoms with Crippen LogP contribution < -0.4 is 0 Å². The van der Waals surface area contributed by atoms with Gasteiger partial charge in [-0.15, -0.1) is 0 Å². The number of halogens is 1.